The minimum atomic E-state index is -0.177. The lowest BCUT2D eigenvalue weighted by Gasteiger charge is -2.06. The fourth-order valence-electron chi connectivity index (χ4n) is 2.33. The first kappa shape index (κ1) is 14.8. The van der Waals surface area contributed by atoms with Crippen LogP contribution in [0.4, 0.5) is 0 Å². The predicted molar refractivity (Wildman–Crippen MR) is 90.1 cm³/mol. The Bertz CT molecular complexity index is 852. The van der Waals surface area contributed by atoms with Crippen molar-refractivity contribution >= 4 is 5.91 Å². The minimum Gasteiger partial charge on any atom is -0.348 e. The number of rotatable bonds is 4. The molecule has 0 fully saturated rings. The number of hydrogen-bond acceptors (Lipinski definition) is 2. The molecule has 0 spiro atoms. The Morgan fingerprint density at radius 3 is 2.30 bits per heavy atom. The highest BCUT2D eigenvalue weighted by atomic mass is 16.1. The van der Waals surface area contributed by atoms with E-state index in [2.05, 4.69) is 10.3 Å². The smallest absolute Gasteiger partial charge is 0.251 e. The molecular weight excluding hydrogens is 288 g/mol. The Hall–Kier alpha value is -3.14. The van der Waals surface area contributed by atoms with Crippen LogP contribution in [-0.2, 0) is 6.54 Å². The van der Waals surface area contributed by atoms with E-state index in [0.29, 0.717) is 12.1 Å². The fourth-order valence-corrected chi connectivity index (χ4v) is 2.33. The van der Waals surface area contributed by atoms with E-state index in [1.807, 2.05) is 42.5 Å². The molecule has 0 atom stereocenters. The van der Waals surface area contributed by atoms with Crippen LogP contribution in [0.3, 0.4) is 0 Å². The van der Waals surface area contributed by atoms with Crippen molar-refractivity contribution < 1.29 is 4.79 Å². The van der Waals surface area contributed by atoms with E-state index in [4.69, 9.17) is 0 Å². The van der Waals surface area contributed by atoms with Crippen LogP contribution < -0.4 is 10.9 Å². The van der Waals surface area contributed by atoms with Crippen LogP contribution in [0.2, 0.25) is 0 Å². The van der Waals surface area contributed by atoms with Gasteiger partial charge in [-0.3, -0.25) is 9.59 Å². The van der Waals surface area contributed by atoms with Crippen LogP contribution in [0.1, 0.15) is 15.9 Å². The zero-order valence-electron chi connectivity index (χ0n) is 12.5. The van der Waals surface area contributed by atoms with Crippen LogP contribution >= 0.6 is 0 Å². The van der Waals surface area contributed by atoms with Crippen LogP contribution in [0.15, 0.2) is 77.7 Å². The number of nitrogens with one attached hydrogen (secondary N) is 2. The molecule has 0 aliphatic rings. The molecule has 0 aliphatic carbocycles. The Morgan fingerprint density at radius 2 is 1.61 bits per heavy atom. The lowest BCUT2D eigenvalue weighted by molar-refractivity contribution is 0.0951. The van der Waals surface area contributed by atoms with Gasteiger partial charge in [0.15, 0.2) is 0 Å². The Balaban J connectivity index is 1.67. The van der Waals surface area contributed by atoms with Gasteiger partial charge >= 0.3 is 0 Å². The topological polar surface area (TPSA) is 62.0 Å². The highest BCUT2D eigenvalue weighted by Crippen LogP contribution is 2.19. The largest absolute Gasteiger partial charge is 0.348 e. The summed E-state index contributed by atoms with van der Waals surface area (Å²) in [6, 6.07) is 20.7. The summed E-state index contributed by atoms with van der Waals surface area (Å²) in [6.07, 6.45) is 1.57. The molecule has 1 amide bonds. The fraction of sp³-hybridized carbons (Fsp3) is 0.0526. The lowest BCUT2D eigenvalue weighted by Crippen LogP contribution is -2.23. The summed E-state index contributed by atoms with van der Waals surface area (Å²) in [4.78, 5) is 25.9. The van der Waals surface area contributed by atoms with E-state index in [1.165, 1.54) is 6.07 Å². The number of carbonyl (C=O) groups excluding carboxylic acids is 1. The average molecular weight is 304 g/mol. The van der Waals surface area contributed by atoms with Gasteiger partial charge in [-0.15, -0.1) is 0 Å². The summed E-state index contributed by atoms with van der Waals surface area (Å²) in [5.74, 6) is -0.162. The van der Waals surface area contributed by atoms with E-state index < -0.39 is 0 Å². The van der Waals surface area contributed by atoms with E-state index in [1.54, 1.807) is 24.4 Å². The highest BCUT2D eigenvalue weighted by molar-refractivity contribution is 5.94. The molecular formula is C19H16N2O2. The monoisotopic (exact) mass is 304 g/mol. The number of aromatic amines is 1. The molecule has 0 saturated heterocycles. The van der Waals surface area contributed by atoms with Gasteiger partial charge in [-0.25, -0.2) is 0 Å². The Labute approximate surface area is 133 Å². The molecule has 3 aromatic rings. The van der Waals surface area contributed by atoms with Gasteiger partial charge in [-0.2, -0.15) is 0 Å². The van der Waals surface area contributed by atoms with Crippen molar-refractivity contribution in [3.05, 3.63) is 94.4 Å². The number of hydrogen-bond donors (Lipinski definition) is 2. The molecule has 2 N–H and O–H groups in total. The molecule has 1 aromatic heterocycles. The Morgan fingerprint density at radius 1 is 0.913 bits per heavy atom. The van der Waals surface area contributed by atoms with Crippen LogP contribution in [-0.4, -0.2) is 10.9 Å². The maximum atomic E-state index is 12.2. The molecule has 23 heavy (non-hydrogen) atoms. The van der Waals surface area contributed by atoms with Crippen molar-refractivity contribution in [2.75, 3.05) is 0 Å². The Kier molecular flexibility index (Phi) is 4.34. The molecule has 3 rings (SSSR count). The summed E-state index contributed by atoms with van der Waals surface area (Å²) in [6.45, 7) is 0.323. The SMILES string of the molecule is O=C(NCc1cc[nH]c(=O)c1)c1ccc(-c2ccccc2)cc1. The second-order valence-electron chi connectivity index (χ2n) is 5.19. The van der Waals surface area contributed by atoms with Gasteiger partial charge in [0.05, 0.1) is 0 Å². The van der Waals surface area contributed by atoms with Crippen molar-refractivity contribution in [2.24, 2.45) is 0 Å². The molecule has 0 radical (unpaired) electrons. The summed E-state index contributed by atoms with van der Waals surface area (Å²) in [7, 11) is 0. The van der Waals surface area contributed by atoms with E-state index >= 15 is 0 Å². The minimum absolute atomic E-state index is 0.162. The zero-order valence-corrected chi connectivity index (χ0v) is 12.5. The van der Waals surface area contributed by atoms with Crippen molar-refractivity contribution in [1.82, 2.24) is 10.3 Å². The molecule has 4 heteroatoms. The van der Waals surface area contributed by atoms with E-state index in [-0.39, 0.29) is 11.5 Å². The normalized spacial score (nSPS) is 10.3. The number of benzene rings is 2. The van der Waals surface area contributed by atoms with Gasteiger partial charge in [0.25, 0.3) is 5.91 Å². The maximum absolute atomic E-state index is 12.2. The first-order chi connectivity index (χ1) is 11.2. The van der Waals surface area contributed by atoms with Crippen LogP contribution in [0.5, 0.6) is 0 Å². The van der Waals surface area contributed by atoms with Gasteiger partial charge < -0.3 is 10.3 Å². The zero-order chi connectivity index (χ0) is 16.1. The standard InChI is InChI=1S/C19H16N2O2/c22-18-12-14(10-11-20-18)13-21-19(23)17-8-6-16(7-9-17)15-4-2-1-3-5-15/h1-12H,13H2,(H,20,22)(H,21,23). The van der Waals surface area contributed by atoms with E-state index in [9.17, 15) is 9.59 Å². The summed E-state index contributed by atoms with van der Waals surface area (Å²) in [5.41, 5.74) is 3.36. The molecule has 4 nitrogen and oxygen atoms in total. The van der Waals surface area contributed by atoms with Crippen LogP contribution in [0.25, 0.3) is 11.1 Å². The third-order valence-electron chi connectivity index (χ3n) is 3.55. The molecule has 2 aromatic carbocycles. The van der Waals surface area contributed by atoms with Gasteiger partial charge in [0.1, 0.15) is 0 Å². The molecule has 114 valence electrons. The molecule has 0 unspecified atom stereocenters. The molecule has 1 heterocycles. The molecule has 0 bridgehead atoms. The number of H-pyrrole nitrogens is 1. The first-order valence-corrected chi connectivity index (χ1v) is 7.34. The number of aromatic nitrogens is 1. The quantitative estimate of drug-likeness (QED) is 0.778. The number of amides is 1. The van der Waals surface area contributed by atoms with E-state index in [0.717, 1.165) is 16.7 Å². The predicted octanol–water partition coefficient (Wildman–Crippen LogP) is 2.97. The van der Waals surface area contributed by atoms with Crippen LogP contribution in [0, 0.1) is 0 Å². The second kappa shape index (κ2) is 6.75. The summed E-state index contributed by atoms with van der Waals surface area (Å²) >= 11 is 0. The third-order valence-corrected chi connectivity index (χ3v) is 3.55. The van der Waals surface area contributed by atoms with Gasteiger partial charge in [0, 0.05) is 24.4 Å². The summed E-state index contributed by atoms with van der Waals surface area (Å²) in [5, 5.41) is 2.81. The average Bonchev–Trinajstić information content (AvgIpc) is 2.61. The second-order valence-corrected chi connectivity index (χ2v) is 5.19. The van der Waals surface area contributed by atoms with Gasteiger partial charge in [0.2, 0.25) is 5.56 Å². The highest BCUT2D eigenvalue weighted by Gasteiger charge is 2.06. The van der Waals surface area contributed by atoms with Crippen molar-refractivity contribution in [3.63, 3.8) is 0 Å². The number of carbonyl (C=O) groups is 1. The van der Waals surface area contributed by atoms with Crippen molar-refractivity contribution in [3.8, 4) is 11.1 Å². The molecule has 0 aliphatic heterocycles. The van der Waals surface area contributed by atoms with Crippen molar-refractivity contribution in [2.45, 2.75) is 6.54 Å². The van der Waals surface area contributed by atoms with Gasteiger partial charge in [-0.05, 0) is 34.9 Å². The molecule has 0 saturated carbocycles. The summed E-state index contributed by atoms with van der Waals surface area (Å²) < 4.78 is 0. The lowest BCUT2D eigenvalue weighted by atomic mass is 10.0. The van der Waals surface area contributed by atoms with Crippen molar-refractivity contribution in [1.29, 1.82) is 0 Å². The number of pyridine rings is 1. The van der Waals surface area contributed by atoms with Gasteiger partial charge in [-0.1, -0.05) is 42.5 Å². The first-order valence-electron chi connectivity index (χ1n) is 7.34. The third kappa shape index (κ3) is 3.74. The maximum Gasteiger partial charge on any atom is 0.251 e.